The second kappa shape index (κ2) is 6.49. The molecule has 0 aliphatic heterocycles. The van der Waals surface area contributed by atoms with Crippen LogP contribution in [0.4, 0.5) is 0 Å². The summed E-state index contributed by atoms with van der Waals surface area (Å²) < 4.78 is 0. The van der Waals surface area contributed by atoms with Crippen molar-refractivity contribution in [1.82, 2.24) is 0 Å². The molecule has 0 fully saturated rings. The Hall–Kier alpha value is -0.630. The lowest BCUT2D eigenvalue weighted by Gasteiger charge is -1.92. The van der Waals surface area contributed by atoms with Gasteiger partial charge in [-0.15, -0.1) is 0 Å². The molecule has 0 saturated heterocycles. The van der Waals surface area contributed by atoms with E-state index in [2.05, 4.69) is 0 Å². The van der Waals surface area contributed by atoms with Crippen LogP contribution in [0.15, 0.2) is 12.2 Å². The molecule has 58 valence electrons. The van der Waals surface area contributed by atoms with Gasteiger partial charge >= 0.3 is 0 Å². The minimum atomic E-state index is 0.205. The normalized spacial score (nSPS) is 10.6. The van der Waals surface area contributed by atoms with Crippen molar-refractivity contribution >= 4 is 5.78 Å². The van der Waals surface area contributed by atoms with E-state index >= 15 is 0 Å². The summed E-state index contributed by atoms with van der Waals surface area (Å²) in [5.74, 6) is 0.205. The second-order valence-corrected chi connectivity index (χ2v) is 2.21. The van der Waals surface area contributed by atoms with Gasteiger partial charge in [0, 0.05) is 6.42 Å². The molecule has 0 unspecified atom stereocenters. The van der Waals surface area contributed by atoms with Crippen molar-refractivity contribution in [2.75, 3.05) is 6.54 Å². The van der Waals surface area contributed by atoms with Crippen LogP contribution in [-0.4, -0.2) is 12.3 Å². The maximum absolute atomic E-state index is 10.8. The number of nitrogens with two attached hydrogens (primary N) is 1. The number of ketones is 1. The van der Waals surface area contributed by atoms with Gasteiger partial charge in [-0.25, -0.2) is 0 Å². The number of unbranched alkanes of at least 4 members (excludes halogenated alkanes) is 1. The zero-order valence-electron chi connectivity index (χ0n) is 6.47. The molecule has 0 aromatic rings. The largest absolute Gasteiger partial charge is 0.330 e. The van der Waals surface area contributed by atoms with Crippen LogP contribution in [0.1, 0.15) is 26.2 Å². The molecular weight excluding hydrogens is 126 g/mol. The lowest BCUT2D eigenvalue weighted by atomic mass is 10.2. The first-order valence-electron chi connectivity index (χ1n) is 3.67. The maximum Gasteiger partial charge on any atom is 0.155 e. The summed E-state index contributed by atoms with van der Waals surface area (Å²) in [6.07, 6.45) is 5.88. The highest BCUT2D eigenvalue weighted by atomic mass is 16.1. The Labute approximate surface area is 62.1 Å². The van der Waals surface area contributed by atoms with Crippen molar-refractivity contribution < 1.29 is 4.79 Å². The number of hydrogen-bond donors (Lipinski definition) is 1. The van der Waals surface area contributed by atoms with Crippen LogP contribution in [0.5, 0.6) is 0 Å². The summed E-state index contributed by atoms with van der Waals surface area (Å²) in [7, 11) is 0. The van der Waals surface area contributed by atoms with Gasteiger partial charge in [-0.2, -0.15) is 0 Å². The third-order valence-electron chi connectivity index (χ3n) is 1.23. The fourth-order valence-electron chi connectivity index (χ4n) is 0.713. The van der Waals surface area contributed by atoms with E-state index in [-0.39, 0.29) is 5.78 Å². The minimum Gasteiger partial charge on any atom is -0.330 e. The predicted molar refractivity (Wildman–Crippen MR) is 42.7 cm³/mol. The number of rotatable bonds is 5. The number of hydrogen-bond acceptors (Lipinski definition) is 2. The molecule has 0 heterocycles. The second-order valence-electron chi connectivity index (χ2n) is 2.21. The molecule has 2 heteroatoms. The van der Waals surface area contributed by atoms with Crippen LogP contribution < -0.4 is 5.73 Å². The molecule has 0 atom stereocenters. The van der Waals surface area contributed by atoms with Gasteiger partial charge in [-0.05, 0) is 32.4 Å². The van der Waals surface area contributed by atoms with Crippen LogP contribution in [0, 0.1) is 0 Å². The summed E-state index contributed by atoms with van der Waals surface area (Å²) in [6, 6.07) is 0. The Balaban J connectivity index is 3.22. The molecular formula is C8H15NO. The van der Waals surface area contributed by atoms with E-state index in [1.54, 1.807) is 12.2 Å². The van der Waals surface area contributed by atoms with Gasteiger partial charge in [0.05, 0.1) is 0 Å². The summed E-state index contributed by atoms with van der Waals surface area (Å²) >= 11 is 0. The van der Waals surface area contributed by atoms with E-state index in [0.717, 1.165) is 12.8 Å². The molecule has 0 bridgehead atoms. The van der Waals surface area contributed by atoms with Crippen LogP contribution in [0.25, 0.3) is 0 Å². The molecule has 0 aromatic heterocycles. The molecule has 0 rings (SSSR count). The maximum atomic E-state index is 10.8. The average molecular weight is 141 g/mol. The van der Waals surface area contributed by atoms with E-state index in [0.29, 0.717) is 13.0 Å². The van der Waals surface area contributed by atoms with Crippen molar-refractivity contribution in [3.05, 3.63) is 12.2 Å². The Bertz CT molecular complexity index is 118. The third kappa shape index (κ3) is 5.51. The number of allylic oxidation sites excluding steroid dienone is 2. The van der Waals surface area contributed by atoms with Gasteiger partial charge in [-0.1, -0.05) is 6.08 Å². The first kappa shape index (κ1) is 9.37. The molecule has 0 amide bonds. The Kier molecular flexibility index (Phi) is 6.08. The standard InChI is InChI=1S/C8H15NO/c1-2-5-8(10)6-3-4-7-9/h2,5H,3-4,6-7,9H2,1H3/b5-2+. The quantitative estimate of drug-likeness (QED) is 0.462. The van der Waals surface area contributed by atoms with Gasteiger partial charge in [0.1, 0.15) is 0 Å². The lowest BCUT2D eigenvalue weighted by molar-refractivity contribution is -0.114. The van der Waals surface area contributed by atoms with E-state index in [1.807, 2.05) is 6.92 Å². The molecule has 0 aliphatic rings. The average Bonchev–Trinajstić information content (AvgIpc) is 1.89. The SMILES string of the molecule is C/C=C/C(=O)CCCCN. The molecule has 0 aromatic carbocycles. The third-order valence-corrected chi connectivity index (χ3v) is 1.23. The molecule has 2 nitrogen and oxygen atoms in total. The number of carbonyl (C=O) groups is 1. The highest BCUT2D eigenvalue weighted by Gasteiger charge is 1.93. The first-order chi connectivity index (χ1) is 4.81. The van der Waals surface area contributed by atoms with Crippen molar-refractivity contribution in [2.45, 2.75) is 26.2 Å². The summed E-state index contributed by atoms with van der Waals surface area (Å²) in [5.41, 5.74) is 5.26. The zero-order valence-corrected chi connectivity index (χ0v) is 6.47. The molecule has 0 spiro atoms. The first-order valence-corrected chi connectivity index (χ1v) is 3.67. The molecule has 10 heavy (non-hydrogen) atoms. The molecule has 0 saturated carbocycles. The van der Waals surface area contributed by atoms with Crippen LogP contribution in [0.2, 0.25) is 0 Å². The Morgan fingerprint density at radius 1 is 1.50 bits per heavy atom. The monoisotopic (exact) mass is 141 g/mol. The van der Waals surface area contributed by atoms with Crippen LogP contribution in [-0.2, 0) is 4.79 Å². The van der Waals surface area contributed by atoms with Gasteiger partial charge in [-0.3, -0.25) is 4.79 Å². The van der Waals surface area contributed by atoms with Gasteiger partial charge in [0.25, 0.3) is 0 Å². The lowest BCUT2D eigenvalue weighted by Crippen LogP contribution is -2.00. The summed E-state index contributed by atoms with van der Waals surface area (Å²) in [6.45, 7) is 2.53. The predicted octanol–water partition coefficient (Wildman–Crippen LogP) is 1.26. The van der Waals surface area contributed by atoms with E-state index in [1.165, 1.54) is 0 Å². The zero-order chi connectivity index (χ0) is 7.82. The van der Waals surface area contributed by atoms with Crippen molar-refractivity contribution in [1.29, 1.82) is 0 Å². The van der Waals surface area contributed by atoms with Gasteiger partial charge in [0.15, 0.2) is 5.78 Å². The van der Waals surface area contributed by atoms with Crippen molar-refractivity contribution in [3.8, 4) is 0 Å². The highest BCUT2D eigenvalue weighted by molar-refractivity contribution is 5.89. The minimum absolute atomic E-state index is 0.205. The highest BCUT2D eigenvalue weighted by Crippen LogP contribution is 1.95. The van der Waals surface area contributed by atoms with Gasteiger partial charge < -0.3 is 5.73 Å². The summed E-state index contributed by atoms with van der Waals surface area (Å²) in [5, 5.41) is 0. The molecule has 2 N–H and O–H groups in total. The van der Waals surface area contributed by atoms with E-state index in [4.69, 9.17) is 5.73 Å². The topological polar surface area (TPSA) is 43.1 Å². The Morgan fingerprint density at radius 3 is 2.70 bits per heavy atom. The van der Waals surface area contributed by atoms with Gasteiger partial charge in [0.2, 0.25) is 0 Å². The Morgan fingerprint density at radius 2 is 2.20 bits per heavy atom. The fraction of sp³-hybridized carbons (Fsp3) is 0.625. The fourth-order valence-corrected chi connectivity index (χ4v) is 0.713. The van der Waals surface area contributed by atoms with Crippen molar-refractivity contribution in [3.63, 3.8) is 0 Å². The number of carbonyl (C=O) groups excluding carboxylic acids is 1. The van der Waals surface area contributed by atoms with Crippen LogP contribution >= 0.6 is 0 Å². The molecule has 0 aliphatic carbocycles. The summed E-state index contributed by atoms with van der Waals surface area (Å²) in [4.78, 5) is 10.8. The van der Waals surface area contributed by atoms with Crippen LogP contribution in [0.3, 0.4) is 0 Å². The van der Waals surface area contributed by atoms with E-state index in [9.17, 15) is 4.79 Å². The molecule has 0 radical (unpaired) electrons. The van der Waals surface area contributed by atoms with Crippen molar-refractivity contribution in [2.24, 2.45) is 5.73 Å². The van der Waals surface area contributed by atoms with E-state index < -0.39 is 0 Å². The smallest absolute Gasteiger partial charge is 0.155 e.